The third kappa shape index (κ3) is 4.50. The molecule has 1 aromatic rings. The second kappa shape index (κ2) is 6.90. The number of hydrogen-bond donors (Lipinski definition) is 1. The molecular weight excluding hydrogens is 265 g/mol. The lowest BCUT2D eigenvalue weighted by atomic mass is 9.85. The molecule has 106 valence electrons. The van der Waals surface area contributed by atoms with Crippen LogP contribution in [-0.4, -0.2) is 12.5 Å². The molecule has 19 heavy (non-hydrogen) atoms. The average Bonchev–Trinajstić information content (AvgIpc) is 2.27. The fourth-order valence-corrected chi connectivity index (χ4v) is 2.47. The molecule has 0 aliphatic carbocycles. The van der Waals surface area contributed by atoms with Crippen molar-refractivity contribution in [2.24, 2.45) is 17.8 Å². The summed E-state index contributed by atoms with van der Waals surface area (Å²) in [5.41, 5.74) is 0.314. The zero-order chi connectivity index (χ0) is 14.6. The summed E-state index contributed by atoms with van der Waals surface area (Å²) in [5.74, 6) is 0.691. The van der Waals surface area contributed by atoms with E-state index in [4.69, 9.17) is 11.6 Å². The van der Waals surface area contributed by atoms with Gasteiger partial charge in [0.1, 0.15) is 5.82 Å². The van der Waals surface area contributed by atoms with Crippen LogP contribution >= 0.6 is 11.6 Å². The normalized spacial score (nSPS) is 11.4. The Kier molecular flexibility index (Phi) is 5.80. The number of nitrogens with one attached hydrogen (secondary N) is 1. The molecule has 0 atom stereocenters. The quantitative estimate of drug-likeness (QED) is 0.866. The second-order valence-corrected chi connectivity index (χ2v) is 5.89. The van der Waals surface area contributed by atoms with E-state index in [0.717, 1.165) is 6.07 Å². The highest BCUT2D eigenvalue weighted by Gasteiger charge is 2.19. The molecule has 1 N–H and O–H groups in total. The molecule has 0 heterocycles. The maximum Gasteiger partial charge on any atom is 0.252 e. The highest BCUT2D eigenvalue weighted by molar-refractivity contribution is 6.33. The molecule has 1 amide bonds. The lowest BCUT2D eigenvalue weighted by molar-refractivity contribution is 0.0937. The third-order valence-electron chi connectivity index (χ3n) is 3.39. The van der Waals surface area contributed by atoms with Crippen molar-refractivity contribution in [3.8, 4) is 0 Å². The van der Waals surface area contributed by atoms with E-state index in [1.54, 1.807) is 0 Å². The number of hydrogen-bond acceptors (Lipinski definition) is 1. The Hall–Kier alpha value is -1.09. The number of rotatable bonds is 5. The molecule has 0 fully saturated rings. The zero-order valence-corrected chi connectivity index (χ0v) is 12.6. The standard InChI is InChI=1S/C15H21ClFNO/c1-9(2)13(10(3)4)8-18-15(19)12-6-5-11(17)7-14(12)16/h5-7,9-10,13H,8H2,1-4H3,(H,18,19). The van der Waals surface area contributed by atoms with Gasteiger partial charge >= 0.3 is 0 Å². The first-order chi connectivity index (χ1) is 8.82. The SMILES string of the molecule is CC(C)C(CNC(=O)c1ccc(F)cc1Cl)C(C)C. The molecule has 0 bridgehead atoms. The maximum atomic E-state index is 12.9. The Morgan fingerprint density at radius 3 is 2.32 bits per heavy atom. The van der Waals surface area contributed by atoms with Crippen LogP contribution in [0.4, 0.5) is 4.39 Å². The van der Waals surface area contributed by atoms with E-state index in [0.29, 0.717) is 29.9 Å². The minimum Gasteiger partial charge on any atom is -0.352 e. The predicted molar refractivity (Wildman–Crippen MR) is 76.9 cm³/mol. The summed E-state index contributed by atoms with van der Waals surface area (Å²) in [6.07, 6.45) is 0. The van der Waals surface area contributed by atoms with Gasteiger partial charge in [0, 0.05) is 6.54 Å². The van der Waals surface area contributed by atoms with E-state index >= 15 is 0 Å². The van der Waals surface area contributed by atoms with Crippen LogP contribution in [0.3, 0.4) is 0 Å². The third-order valence-corrected chi connectivity index (χ3v) is 3.70. The fraction of sp³-hybridized carbons (Fsp3) is 0.533. The van der Waals surface area contributed by atoms with E-state index in [1.807, 2.05) is 0 Å². The van der Waals surface area contributed by atoms with Crippen molar-refractivity contribution in [3.05, 3.63) is 34.6 Å². The van der Waals surface area contributed by atoms with Crippen molar-refractivity contribution in [2.75, 3.05) is 6.54 Å². The van der Waals surface area contributed by atoms with Crippen molar-refractivity contribution in [1.29, 1.82) is 0 Å². The van der Waals surface area contributed by atoms with Crippen LogP contribution in [0, 0.1) is 23.6 Å². The van der Waals surface area contributed by atoms with E-state index in [2.05, 4.69) is 33.0 Å². The topological polar surface area (TPSA) is 29.1 Å². The first-order valence-corrected chi connectivity index (χ1v) is 6.94. The van der Waals surface area contributed by atoms with E-state index in [-0.39, 0.29) is 10.9 Å². The minimum atomic E-state index is -0.441. The summed E-state index contributed by atoms with van der Waals surface area (Å²) < 4.78 is 12.9. The van der Waals surface area contributed by atoms with Crippen LogP contribution in [0.2, 0.25) is 5.02 Å². The van der Waals surface area contributed by atoms with Crippen LogP contribution in [0.5, 0.6) is 0 Å². The molecule has 0 radical (unpaired) electrons. The van der Waals surface area contributed by atoms with E-state index < -0.39 is 5.82 Å². The van der Waals surface area contributed by atoms with Crippen LogP contribution < -0.4 is 5.32 Å². The smallest absolute Gasteiger partial charge is 0.252 e. The Morgan fingerprint density at radius 2 is 1.84 bits per heavy atom. The highest BCUT2D eigenvalue weighted by atomic mass is 35.5. The Bertz CT molecular complexity index is 438. The molecular formula is C15H21ClFNO. The summed E-state index contributed by atoms with van der Waals surface area (Å²) in [5, 5.41) is 3.02. The van der Waals surface area contributed by atoms with Crippen molar-refractivity contribution in [3.63, 3.8) is 0 Å². The van der Waals surface area contributed by atoms with Gasteiger partial charge in [-0.2, -0.15) is 0 Å². The Morgan fingerprint density at radius 1 is 1.26 bits per heavy atom. The van der Waals surface area contributed by atoms with Gasteiger partial charge in [0.25, 0.3) is 5.91 Å². The van der Waals surface area contributed by atoms with Crippen LogP contribution in [-0.2, 0) is 0 Å². The molecule has 4 heteroatoms. The van der Waals surface area contributed by atoms with Gasteiger partial charge in [-0.15, -0.1) is 0 Å². The fourth-order valence-electron chi connectivity index (χ4n) is 2.22. The molecule has 0 aromatic heterocycles. The summed E-state index contributed by atoms with van der Waals surface area (Å²) in [6, 6.07) is 3.80. The number of halogens is 2. The molecule has 0 aliphatic rings. The number of benzene rings is 1. The molecule has 1 aromatic carbocycles. The lowest BCUT2D eigenvalue weighted by Gasteiger charge is -2.25. The van der Waals surface area contributed by atoms with Gasteiger partial charge in [-0.1, -0.05) is 39.3 Å². The molecule has 0 spiro atoms. The first-order valence-electron chi connectivity index (χ1n) is 6.56. The molecule has 1 rings (SSSR count). The van der Waals surface area contributed by atoms with Gasteiger partial charge in [-0.25, -0.2) is 4.39 Å². The van der Waals surface area contributed by atoms with Gasteiger partial charge in [-0.3, -0.25) is 4.79 Å². The van der Waals surface area contributed by atoms with Gasteiger partial charge in [-0.05, 0) is 36.0 Å². The summed E-state index contributed by atoms with van der Waals surface area (Å²) >= 11 is 5.86. The maximum absolute atomic E-state index is 12.9. The highest BCUT2D eigenvalue weighted by Crippen LogP contribution is 2.21. The molecule has 2 nitrogen and oxygen atoms in total. The van der Waals surface area contributed by atoms with Crippen molar-refractivity contribution in [2.45, 2.75) is 27.7 Å². The second-order valence-electron chi connectivity index (χ2n) is 5.49. The molecule has 0 saturated heterocycles. The predicted octanol–water partition coefficient (Wildman–Crippen LogP) is 4.14. The monoisotopic (exact) mass is 285 g/mol. The van der Waals surface area contributed by atoms with Crippen molar-refractivity contribution in [1.82, 2.24) is 5.32 Å². The van der Waals surface area contributed by atoms with Gasteiger partial charge in [0.05, 0.1) is 10.6 Å². The molecule has 0 unspecified atom stereocenters. The van der Waals surface area contributed by atoms with Gasteiger partial charge < -0.3 is 5.32 Å². The molecule has 0 saturated carbocycles. The first kappa shape index (κ1) is 16.0. The largest absolute Gasteiger partial charge is 0.352 e. The van der Waals surface area contributed by atoms with Gasteiger partial charge in [0.2, 0.25) is 0 Å². The van der Waals surface area contributed by atoms with E-state index in [9.17, 15) is 9.18 Å². The van der Waals surface area contributed by atoms with Crippen LogP contribution in [0.15, 0.2) is 18.2 Å². The number of carbonyl (C=O) groups excluding carboxylic acids is 1. The zero-order valence-electron chi connectivity index (χ0n) is 11.8. The summed E-state index contributed by atoms with van der Waals surface area (Å²) in [7, 11) is 0. The summed E-state index contributed by atoms with van der Waals surface area (Å²) in [6.45, 7) is 9.16. The summed E-state index contributed by atoms with van der Waals surface area (Å²) in [4.78, 5) is 12.0. The van der Waals surface area contributed by atoms with Crippen LogP contribution in [0.25, 0.3) is 0 Å². The molecule has 0 aliphatic heterocycles. The average molecular weight is 286 g/mol. The number of amides is 1. The number of carbonyl (C=O) groups is 1. The minimum absolute atomic E-state index is 0.142. The van der Waals surface area contributed by atoms with Crippen LogP contribution in [0.1, 0.15) is 38.1 Å². The van der Waals surface area contributed by atoms with Crippen molar-refractivity contribution < 1.29 is 9.18 Å². The Balaban J connectivity index is 2.69. The van der Waals surface area contributed by atoms with Crippen molar-refractivity contribution >= 4 is 17.5 Å². The Labute approximate surface area is 119 Å². The lowest BCUT2D eigenvalue weighted by Crippen LogP contribution is -2.34. The van der Waals surface area contributed by atoms with Gasteiger partial charge in [0.15, 0.2) is 0 Å². The van der Waals surface area contributed by atoms with E-state index in [1.165, 1.54) is 12.1 Å².